The molecule has 0 spiro atoms. The molecule has 0 aliphatic heterocycles. The van der Waals surface area contributed by atoms with E-state index in [4.69, 9.17) is 10.7 Å². The second-order valence-corrected chi connectivity index (χ2v) is 7.04. The molecule has 3 nitrogen and oxygen atoms in total. The van der Waals surface area contributed by atoms with Gasteiger partial charge < -0.3 is 10.6 Å². The van der Waals surface area contributed by atoms with Crippen molar-refractivity contribution in [2.75, 3.05) is 18.0 Å². The summed E-state index contributed by atoms with van der Waals surface area (Å²) in [6.45, 7) is 6.56. The molecule has 2 N–H and O–H groups in total. The van der Waals surface area contributed by atoms with Crippen molar-refractivity contribution in [3.05, 3.63) is 10.6 Å². The van der Waals surface area contributed by atoms with Crippen molar-refractivity contribution in [1.29, 1.82) is 0 Å². The Labute approximate surface area is 113 Å². The zero-order chi connectivity index (χ0) is 12.7. The molecule has 1 aromatic heterocycles. The van der Waals surface area contributed by atoms with Crippen molar-refractivity contribution in [2.24, 2.45) is 17.6 Å². The molecule has 3 rings (SSSR count). The van der Waals surface area contributed by atoms with Crippen LogP contribution in [0.5, 0.6) is 0 Å². The van der Waals surface area contributed by atoms with Crippen LogP contribution in [0.1, 0.15) is 49.2 Å². The van der Waals surface area contributed by atoms with Gasteiger partial charge in [-0.05, 0) is 51.4 Å². The van der Waals surface area contributed by atoms with E-state index in [1.807, 2.05) is 0 Å². The number of hydrogen-bond acceptors (Lipinski definition) is 4. The molecule has 0 saturated heterocycles. The van der Waals surface area contributed by atoms with Crippen molar-refractivity contribution >= 4 is 16.5 Å². The van der Waals surface area contributed by atoms with Gasteiger partial charge in [0.15, 0.2) is 5.13 Å². The molecule has 2 aliphatic carbocycles. The van der Waals surface area contributed by atoms with Crippen molar-refractivity contribution in [1.82, 2.24) is 4.98 Å². The third-order valence-corrected chi connectivity index (χ3v) is 5.28. The van der Waals surface area contributed by atoms with Crippen LogP contribution in [0, 0.1) is 18.8 Å². The molecule has 1 unspecified atom stereocenters. The Bertz CT molecular complexity index is 405. The Morgan fingerprint density at radius 1 is 1.28 bits per heavy atom. The fourth-order valence-corrected chi connectivity index (χ4v) is 3.44. The summed E-state index contributed by atoms with van der Waals surface area (Å²) in [5.74, 6) is 1.85. The van der Waals surface area contributed by atoms with Gasteiger partial charge in [0.1, 0.15) is 0 Å². The van der Waals surface area contributed by atoms with E-state index in [-0.39, 0.29) is 6.04 Å². The number of rotatable bonds is 6. The molecule has 2 saturated carbocycles. The van der Waals surface area contributed by atoms with Crippen molar-refractivity contribution < 1.29 is 0 Å². The minimum absolute atomic E-state index is 0.111. The lowest BCUT2D eigenvalue weighted by Gasteiger charge is -2.21. The fourth-order valence-electron chi connectivity index (χ4n) is 2.41. The number of aromatic nitrogens is 1. The Hall–Kier alpha value is -0.610. The minimum atomic E-state index is 0.111. The topological polar surface area (TPSA) is 42.2 Å². The van der Waals surface area contributed by atoms with E-state index in [0.717, 1.165) is 17.5 Å². The van der Waals surface area contributed by atoms with Crippen LogP contribution >= 0.6 is 11.3 Å². The number of aryl methyl sites for hydroxylation is 1. The summed E-state index contributed by atoms with van der Waals surface area (Å²) in [6, 6.07) is 0.111. The summed E-state index contributed by atoms with van der Waals surface area (Å²) in [7, 11) is 0. The second-order valence-electron chi connectivity index (χ2n) is 6.03. The molecule has 0 amide bonds. The normalized spacial score (nSPS) is 21.1. The van der Waals surface area contributed by atoms with Crippen LogP contribution in [0.4, 0.5) is 5.13 Å². The van der Waals surface area contributed by atoms with Crippen molar-refractivity contribution in [3.63, 3.8) is 0 Å². The van der Waals surface area contributed by atoms with E-state index >= 15 is 0 Å². The summed E-state index contributed by atoms with van der Waals surface area (Å²) in [5.41, 5.74) is 7.13. The molecule has 0 aromatic carbocycles. The molecule has 2 aliphatic rings. The van der Waals surface area contributed by atoms with Crippen LogP contribution in [-0.2, 0) is 0 Å². The maximum atomic E-state index is 6.01. The molecule has 2 fully saturated rings. The lowest BCUT2D eigenvalue weighted by molar-refractivity contribution is 0.677. The lowest BCUT2D eigenvalue weighted by Crippen LogP contribution is -2.27. The van der Waals surface area contributed by atoms with Gasteiger partial charge in [0, 0.05) is 24.0 Å². The van der Waals surface area contributed by atoms with Gasteiger partial charge in [-0.1, -0.05) is 0 Å². The smallest absolute Gasteiger partial charge is 0.185 e. The number of hydrogen-bond donors (Lipinski definition) is 1. The van der Waals surface area contributed by atoms with Gasteiger partial charge in [0.25, 0.3) is 0 Å². The van der Waals surface area contributed by atoms with Crippen molar-refractivity contribution in [2.45, 2.75) is 45.6 Å². The van der Waals surface area contributed by atoms with Gasteiger partial charge >= 0.3 is 0 Å². The highest BCUT2D eigenvalue weighted by atomic mass is 32.1. The molecule has 1 aromatic rings. The Balaban J connectivity index is 1.76. The van der Waals surface area contributed by atoms with Gasteiger partial charge in [-0.2, -0.15) is 0 Å². The Morgan fingerprint density at radius 2 is 1.83 bits per heavy atom. The van der Waals surface area contributed by atoms with Crippen molar-refractivity contribution in [3.8, 4) is 0 Å². The third-order valence-electron chi connectivity index (χ3n) is 3.86. The highest BCUT2D eigenvalue weighted by Gasteiger charge is 2.30. The summed E-state index contributed by atoms with van der Waals surface area (Å²) < 4.78 is 0. The third kappa shape index (κ3) is 2.86. The number of anilines is 1. The Kier molecular flexibility index (Phi) is 3.32. The SMILES string of the molecule is Cc1nc(N(CC2CC2)CC2CC2)sc1C(C)N. The monoisotopic (exact) mass is 265 g/mol. The Morgan fingerprint density at radius 3 is 2.22 bits per heavy atom. The molecule has 100 valence electrons. The number of nitrogens with zero attached hydrogens (tertiary/aromatic N) is 2. The average molecular weight is 265 g/mol. The van der Waals surface area contributed by atoms with Gasteiger partial charge in [0.05, 0.1) is 5.69 Å². The molecule has 4 heteroatoms. The fraction of sp³-hybridized carbons (Fsp3) is 0.786. The van der Waals surface area contributed by atoms with Crippen LogP contribution in [0.25, 0.3) is 0 Å². The maximum Gasteiger partial charge on any atom is 0.185 e. The van der Waals surface area contributed by atoms with E-state index in [9.17, 15) is 0 Å². The number of thiazole rings is 1. The van der Waals surface area contributed by atoms with E-state index in [2.05, 4.69) is 18.7 Å². The van der Waals surface area contributed by atoms with Crippen LogP contribution in [-0.4, -0.2) is 18.1 Å². The standard InChI is InChI=1S/C14H23N3S/c1-9(15)13-10(2)16-14(18-13)17(7-11-3-4-11)8-12-5-6-12/h9,11-12H,3-8,15H2,1-2H3. The second kappa shape index (κ2) is 4.82. The van der Waals surface area contributed by atoms with E-state index in [1.54, 1.807) is 11.3 Å². The predicted octanol–water partition coefficient (Wildman–Crippen LogP) is 3.10. The largest absolute Gasteiger partial charge is 0.348 e. The minimum Gasteiger partial charge on any atom is -0.348 e. The summed E-state index contributed by atoms with van der Waals surface area (Å²) in [5, 5.41) is 1.21. The summed E-state index contributed by atoms with van der Waals surface area (Å²) >= 11 is 1.81. The molecule has 0 radical (unpaired) electrons. The van der Waals surface area contributed by atoms with Crippen LogP contribution in [0.15, 0.2) is 0 Å². The highest BCUT2D eigenvalue weighted by Crippen LogP contribution is 2.38. The molecular weight excluding hydrogens is 242 g/mol. The lowest BCUT2D eigenvalue weighted by atomic mass is 10.2. The zero-order valence-electron chi connectivity index (χ0n) is 11.4. The van der Waals surface area contributed by atoms with E-state index in [0.29, 0.717) is 0 Å². The quantitative estimate of drug-likeness (QED) is 0.859. The highest BCUT2D eigenvalue weighted by molar-refractivity contribution is 7.15. The first kappa shape index (κ1) is 12.4. The first-order chi connectivity index (χ1) is 8.63. The molecule has 18 heavy (non-hydrogen) atoms. The predicted molar refractivity (Wildman–Crippen MR) is 77.1 cm³/mol. The first-order valence-corrected chi connectivity index (χ1v) is 7.93. The van der Waals surface area contributed by atoms with Gasteiger partial charge in [-0.25, -0.2) is 4.98 Å². The first-order valence-electron chi connectivity index (χ1n) is 7.11. The van der Waals surface area contributed by atoms with Gasteiger partial charge in [0.2, 0.25) is 0 Å². The van der Waals surface area contributed by atoms with Gasteiger partial charge in [-0.15, -0.1) is 11.3 Å². The zero-order valence-corrected chi connectivity index (χ0v) is 12.2. The number of nitrogens with two attached hydrogens (primary N) is 1. The average Bonchev–Trinajstić information content (AvgIpc) is 3.21. The van der Waals surface area contributed by atoms with Crippen LogP contribution < -0.4 is 10.6 Å². The van der Waals surface area contributed by atoms with E-state index in [1.165, 1.54) is 48.8 Å². The summed E-state index contributed by atoms with van der Waals surface area (Å²) in [4.78, 5) is 8.54. The molecule has 0 bridgehead atoms. The van der Waals surface area contributed by atoms with Crippen LogP contribution in [0.3, 0.4) is 0 Å². The van der Waals surface area contributed by atoms with E-state index < -0.39 is 0 Å². The molecule has 1 heterocycles. The van der Waals surface area contributed by atoms with Crippen LogP contribution in [0.2, 0.25) is 0 Å². The molecular formula is C14H23N3S. The molecule has 1 atom stereocenters. The van der Waals surface area contributed by atoms with Gasteiger partial charge in [-0.3, -0.25) is 0 Å². The maximum absolute atomic E-state index is 6.01. The summed E-state index contributed by atoms with van der Waals surface area (Å²) in [6.07, 6.45) is 5.63.